The summed E-state index contributed by atoms with van der Waals surface area (Å²) in [6.45, 7) is 6.72. The van der Waals surface area contributed by atoms with Gasteiger partial charge in [0.25, 0.3) is 0 Å². The Bertz CT molecular complexity index is 554. The second kappa shape index (κ2) is 7.83. The average Bonchev–Trinajstić information content (AvgIpc) is 2.95. The van der Waals surface area contributed by atoms with E-state index in [1.165, 1.54) is 19.3 Å². The first kappa shape index (κ1) is 21.1. The molecule has 162 valence electrons. The summed E-state index contributed by atoms with van der Waals surface area (Å²) in [4.78, 5) is 2.21. The maximum absolute atomic E-state index is 11.2. The van der Waals surface area contributed by atoms with Crippen LogP contribution in [0.1, 0.15) is 71.6 Å². The Labute approximate surface area is 172 Å². The van der Waals surface area contributed by atoms with Gasteiger partial charge in [0.05, 0.1) is 18.3 Å². The van der Waals surface area contributed by atoms with Gasteiger partial charge in [-0.2, -0.15) is 0 Å². The third-order valence-electron chi connectivity index (χ3n) is 9.68. The van der Waals surface area contributed by atoms with Crippen LogP contribution in [0.3, 0.4) is 0 Å². The van der Waals surface area contributed by atoms with Gasteiger partial charge in [0.1, 0.15) is 0 Å². The smallest absolute Gasteiger partial charge is 0.0596 e. The summed E-state index contributed by atoms with van der Waals surface area (Å²) >= 11 is 0. The first-order valence-electron chi connectivity index (χ1n) is 11.9. The zero-order chi connectivity index (χ0) is 20.1. The molecule has 0 unspecified atom stereocenters. The van der Waals surface area contributed by atoms with Crippen molar-refractivity contribution in [2.75, 3.05) is 27.2 Å². The van der Waals surface area contributed by atoms with E-state index in [2.05, 4.69) is 32.8 Å². The zero-order valence-corrected chi connectivity index (χ0v) is 18.6. The van der Waals surface area contributed by atoms with E-state index in [0.29, 0.717) is 23.9 Å². The summed E-state index contributed by atoms with van der Waals surface area (Å²) in [6, 6.07) is 0. The van der Waals surface area contributed by atoms with Gasteiger partial charge >= 0.3 is 0 Å². The molecule has 9 atom stereocenters. The Hall–Kier alpha value is -0.160. The van der Waals surface area contributed by atoms with E-state index >= 15 is 0 Å². The molecule has 2 N–H and O–H groups in total. The molecule has 0 amide bonds. The highest BCUT2D eigenvalue weighted by Crippen LogP contribution is 2.66. The lowest BCUT2D eigenvalue weighted by atomic mass is 9.44. The molecule has 0 saturated heterocycles. The number of fused-ring (bicyclic) bond motifs is 5. The molecular weight excluding hydrogens is 350 g/mol. The highest BCUT2D eigenvalue weighted by Gasteiger charge is 2.62. The predicted molar refractivity (Wildman–Crippen MR) is 112 cm³/mol. The molecule has 4 fully saturated rings. The molecule has 0 aromatic rings. The number of nitrogens with zero attached hydrogens (tertiary/aromatic N) is 1. The fourth-order valence-corrected chi connectivity index (χ4v) is 8.02. The Morgan fingerprint density at radius 1 is 0.893 bits per heavy atom. The number of hydrogen-bond acceptors (Lipinski definition) is 4. The van der Waals surface area contributed by atoms with Crippen molar-refractivity contribution in [2.24, 2.45) is 34.5 Å². The van der Waals surface area contributed by atoms with E-state index in [9.17, 15) is 10.2 Å². The van der Waals surface area contributed by atoms with E-state index < -0.39 is 0 Å². The van der Waals surface area contributed by atoms with Crippen molar-refractivity contribution >= 4 is 0 Å². The molecule has 0 aliphatic heterocycles. The lowest BCUT2D eigenvalue weighted by Gasteiger charge is -2.62. The maximum Gasteiger partial charge on any atom is 0.0596 e. The second-order valence-electron chi connectivity index (χ2n) is 11.4. The lowest BCUT2D eigenvalue weighted by Crippen LogP contribution is -2.58. The van der Waals surface area contributed by atoms with Gasteiger partial charge < -0.3 is 19.8 Å². The van der Waals surface area contributed by atoms with Crippen molar-refractivity contribution in [3.63, 3.8) is 0 Å². The molecule has 0 radical (unpaired) electrons. The van der Waals surface area contributed by atoms with Crippen molar-refractivity contribution in [1.82, 2.24) is 4.90 Å². The Kier molecular flexibility index (Phi) is 5.90. The van der Waals surface area contributed by atoms with E-state index in [1.54, 1.807) is 0 Å². The summed E-state index contributed by atoms with van der Waals surface area (Å²) < 4.78 is 6.24. The minimum absolute atomic E-state index is 0.0941. The number of rotatable bonds is 5. The average molecular weight is 394 g/mol. The Balaban J connectivity index is 1.43. The molecule has 4 saturated carbocycles. The van der Waals surface area contributed by atoms with Crippen molar-refractivity contribution < 1.29 is 14.9 Å². The van der Waals surface area contributed by atoms with Crippen LogP contribution in [0, 0.1) is 34.5 Å². The zero-order valence-electron chi connectivity index (χ0n) is 18.6. The monoisotopic (exact) mass is 393 g/mol. The molecule has 0 bridgehead atoms. The van der Waals surface area contributed by atoms with Crippen LogP contribution < -0.4 is 0 Å². The predicted octanol–water partition coefficient (Wildman–Crippen LogP) is 3.70. The van der Waals surface area contributed by atoms with Crippen LogP contribution in [0.4, 0.5) is 0 Å². The van der Waals surface area contributed by atoms with Gasteiger partial charge in [0.15, 0.2) is 0 Å². The van der Waals surface area contributed by atoms with Gasteiger partial charge in [-0.05, 0) is 113 Å². The van der Waals surface area contributed by atoms with Crippen LogP contribution in [0.5, 0.6) is 0 Å². The van der Waals surface area contributed by atoms with Crippen LogP contribution in [0.2, 0.25) is 0 Å². The van der Waals surface area contributed by atoms with E-state index in [-0.39, 0.29) is 23.0 Å². The number of aliphatic hydroxyl groups is 2. The number of hydrogen-bond donors (Lipinski definition) is 2. The van der Waals surface area contributed by atoms with Crippen molar-refractivity contribution in [2.45, 2.75) is 89.9 Å². The molecule has 4 rings (SSSR count). The van der Waals surface area contributed by atoms with Crippen molar-refractivity contribution in [1.29, 1.82) is 0 Å². The fraction of sp³-hybridized carbons (Fsp3) is 1.00. The third-order valence-corrected chi connectivity index (χ3v) is 9.68. The summed E-state index contributed by atoms with van der Waals surface area (Å²) in [6.07, 6.45) is 9.94. The number of ether oxygens (including phenoxy) is 1. The van der Waals surface area contributed by atoms with Crippen molar-refractivity contribution in [3.05, 3.63) is 0 Å². The first-order chi connectivity index (χ1) is 13.3. The first-order valence-corrected chi connectivity index (χ1v) is 11.9. The Morgan fingerprint density at radius 2 is 1.61 bits per heavy atom. The second-order valence-corrected chi connectivity index (χ2v) is 11.4. The van der Waals surface area contributed by atoms with Crippen LogP contribution in [0.25, 0.3) is 0 Å². The third kappa shape index (κ3) is 3.46. The minimum Gasteiger partial charge on any atom is -0.393 e. The number of aliphatic hydroxyl groups excluding tert-OH is 2. The molecule has 0 aromatic heterocycles. The topological polar surface area (TPSA) is 52.9 Å². The molecule has 0 heterocycles. The van der Waals surface area contributed by atoms with Gasteiger partial charge in [0.2, 0.25) is 0 Å². The lowest BCUT2D eigenvalue weighted by molar-refractivity contribution is -0.179. The maximum atomic E-state index is 11.2. The van der Waals surface area contributed by atoms with Gasteiger partial charge in [-0.3, -0.25) is 0 Å². The summed E-state index contributed by atoms with van der Waals surface area (Å²) in [7, 11) is 4.22. The van der Waals surface area contributed by atoms with Gasteiger partial charge in [-0.1, -0.05) is 13.8 Å². The summed E-state index contributed by atoms with van der Waals surface area (Å²) in [5.41, 5.74) is 0.345. The molecule has 0 aromatic carbocycles. The Morgan fingerprint density at radius 3 is 2.36 bits per heavy atom. The molecular formula is C24H43NO3. The molecule has 28 heavy (non-hydrogen) atoms. The fourth-order valence-electron chi connectivity index (χ4n) is 8.02. The molecule has 4 aliphatic rings. The quantitative estimate of drug-likeness (QED) is 0.700. The van der Waals surface area contributed by atoms with Gasteiger partial charge in [0, 0.05) is 6.61 Å². The van der Waals surface area contributed by atoms with Gasteiger partial charge in [-0.15, -0.1) is 0 Å². The van der Waals surface area contributed by atoms with Gasteiger partial charge in [-0.25, -0.2) is 0 Å². The van der Waals surface area contributed by atoms with Crippen LogP contribution >= 0.6 is 0 Å². The SMILES string of the molecule is CN(C)CCCO[C@@H]1CC[C@@]2(C)[C@H](C1)[C@@H](O)C[C@@H]1[C@@H]2CC[C@]2(C)[C@@H](O)CC[C@@H]12. The standard InChI is InChI=1S/C24H43NO3/c1-23-10-8-16(28-13-5-12-25(3)4)14-20(23)21(26)15-17-18-6-7-22(27)24(18,2)11-9-19(17)23/h16-22,26-27H,5-15H2,1-4H3/t16-,17+,18+,19+,20-,21+,22+,23-,24+/m1/s1. The highest BCUT2D eigenvalue weighted by molar-refractivity contribution is 5.11. The van der Waals surface area contributed by atoms with E-state index in [0.717, 1.165) is 57.6 Å². The van der Waals surface area contributed by atoms with Crippen molar-refractivity contribution in [3.8, 4) is 0 Å². The van der Waals surface area contributed by atoms with E-state index in [4.69, 9.17) is 4.74 Å². The van der Waals surface area contributed by atoms with Crippen LogP contribution in [-0.2, 0) is 4.74 Å². The van der Waals surface area contributed by atoms with Crippen LogP contribution in [0.15, 0.2) is 0 Å². The normalized spacial score (nSPS) is 50.9. The van der Waals surface area contributed by atoms with Crippen LogP contribution in [-0.4, -0.2) is 60.7 Å². The minimum atomic E-state index is -0.195. The summed E-state index contributed by atoms with van der Waals surface area (Å²) in [5.74, 6) is 2.31. The molecule has 4 heteroatoms. The van der Waals surface area contributed by atoms with E-state index in [1.807, 2.05) is 0 Å². The molecule has 0 spiro atoms. The molecule has 4 nitrogen and oxygen atoms in total. The highest BCUT2D eigenvalue weighted by atomic mass is 16.5. The summed E-state index contributed by atoms with van der Waals surface area (Å²) in [5, 5.41) is 21.8. The molecule has 4 aliphatic carbocycles. The largest absolute Gasteiger partial charge is 0.393 e.